The van der Waals surface area contributed by atoms with Crippen molar-refractivity contribution in [1.29, 1.82) is 0 Å². The summed E-state index contributed by atoms with van der Waals surface area (Å²) in [5, 5.41) is 2.95. The molecule has 1 aliphatic rings. The molecular weight excluding hydrogens is 410 g/mol. The molecule has 1 saturated heterocycles. The summed E-state index contributed by atoms with van der Waals surface area (Å²) in [5.74, 6) is 0.387. The predicted octanol–water partition coefficient (Wildman–Crippen LogP) is 1.62. The van der Waals surface area contributed by atoms with E-state index in [1.165, 1.54) is 0 Å². The molecule has 1 aromatic carbocycles. The number of thioether (sulfide) groups is 1. The molecule has 0 unspecified atom stereocenters. The van der Waals surface area contributed by atoms with E-state index in [0.717, 1.165) is 18.7 Å². The van der Waals surface area contributed by atoms with Crippen LogP contribution in [0, 0.1) is 6.92 Å². The van der Waals surface area contributed by atoms with Crippen LogP contribution in [0.25, 0.3) is 0 Å². The molecule has 164 valence electrons. The summed E-state index contributed by atoms with van der Waals surface area (Å²) in [4.78, 5) is 15.3. The van der Waals surface area contributed by atoms with Crippen LogP contribution in [0.2, 0.25) is 0 Å². The molecule has 1 heterocycles. The molecule has 2 rings (SSSR count). The number of hydrogen-bond acceptors (Lipinski definition) is 6. The fourth-order valence-corrected chi connectivity index (χ4v) is 4.86. The first-order chi connectivity index (χ1) is 13.7. The minimum absolute atomic E-state index is 0.165. The number of carbonyl (C=O) groups is 1. The number of sulfonamides is 1. The summed E-state index contributed by atoms with van der Waals surface area (Å²) in [6, 6.07) is 5.80. The van der Waals surface area contributed by atoms with Crippen molar-refractivity contribution < 1.29 is 17.9 Å². The van der Waals surface area contributed by atoms with Crippen LogP contribution in [0.5, 0.6) is 0 Å². The smallest absolute Gasteiger partial charge is 0.241 e. The first-order valence-electron chi connectivity index (χ1n) is 9.84. The summed E-state index contributed by atoms with van der Waals surface area (Å²) < 4.78 is 33.5. The van der Waals surface area contributed by atoms with E-state index < -0.39 is 16.1 Å². The molecule has 0 saturated carbocycles. The summed E-state index contributed by atoms with van der Waals surface area (Å²) in [6.45, 7) is 9.49. The van der Waals surface area contributed by atoms with E-state index in [2.05, 4.69) is 28.8 Å². The SMILES string of the molecule is CSCC[C@@H](NS(=O)(=O)c1ccc(C)cc1)C(=O)NCC(C)(C)N1CCOCC1. The van der Waals surface area contributed by atoms with Gasteiger partial charge in [-0.2, -0.15) is 16.5 Å². The van der Waals surface area contributed by atoms with Crippen molar-refractivity contribution in [2.45, 2.75) is 43.7 Å². The molecule has 0 aromatic heterocycles. The molecule has 0 aliphatic carbocycles. The Kier molecular flexibility index (Phi) is 8.96. The third-order valence-corrected chi connectivity index (χ3v) is 7.25. The van der Waals surface area contributed by atoms with Gasteiger partial charge in [-0.3, -0.25) is 9.69 Å². The molecule has 0 spiro atoms. The molecule has 0 radical (unpaired) electrons. The molecule has 1 aliphatic heterocycles. The van der Waals surface area contributed by atoms with Gasteiger partial charge in [-0.15, -0.1) is 0 Å². The number of carbonyl (C=O) groups excluding carboxylic acids is 1. The fourth-order valence-electron chi connectivity index (χ4n) is 3.16. The highest BCUT2D eigenvalue weighted by Gasteiger charge is 2.31. The Morgan fingerprint density at radius 3 is 2.45 bits per heavy atom. The van der Waals surface area contributed by atoms with Gasteiger partial charge in [-0.25, -0.2) is 8.42 Å². The first-order valence-corrected chi connectivity index (χ1v) is 12.7. The maximum Gasteiger partial charge on any atom is 0.241 e. The minimum Gasteiger partial charge on any atom is -0.379 e. The Bertz CT molecular complexity index is 760. The Morgan fingerprint density at radius 1 is 1.24 bits per heavy atom. The van der Waals surface area contributed by atoms with Gasteiger partial charge in [0.2, 0.25) is 15.9 Å². The van der Waals surface area contributed by atoms with Crippen LogP contribution >= 0.6 is 11.8 Å². The number of nitrogens with one attached hydrogen (secondary N) is 2. The van der Waals surface area contributed by atoms with Crippen LogP contribution in [-0.2, 0) is 19.6 Å². The van der Waals surface area contributed by atoms with Crippen molar-refractivity contribution in [2.75, 3.05) is 44.9 Å². The Labute approximate surface area is 179 Å². The molecule has 2 N–H and O–H groups in total. The van der Waals surface area contributed by atoms with Gasteiger partial charge < -0.3 is 10.1 Å². The normalized spacial score (nSPS) is 17.1. The van der Waals surface area contributed by atoms with Gasteiger partial charge >= 0.3 is 0 Å². The number of benzene rings is 1. The zero-order chi connectivity index (χ0) is 21.5. The quantitative estimate of drug-likeness (QED) is 0.571. The van der Waals surface area contributed by atoms with Crippen molar-refractivity contribution in [3.63, 3.8) is 0 Å². The standard InChI is InChI=1S/C20H33N3O4S2/c1-16-5-7-17(8-6-16)29(25,26)22-18(9-14-28-4)19(24)21-15-20(2,3)23-10-12-27-13-11-23/h5-8,18,22H,9-15H2,1-4H3,(H,21,24)/t18-/m1/s1. The van der Waals surface area contributed by atoms with Crippen molar-refractivity contribution in [3.8, 4) is 0 Å². The lowest BCUT2D eigenvalue weighted by Crippen LogP contribution is -2.57. The number of amides is 1. The lowest BCUT2D eigenvalue weighted by atomic mass is 10.0. The monoisotopic (exact) mass is 443 g/mol. The van der Waals surface area contributed by atoms with Crippen LogP contribution in [-0.4, -0.2) is 75.7 Å². The third kappa shape index (κ3) is 7.25. The van der Waals surface area contributed by atoms with Crippen LogP contribution in [0.4, 0.5) is 0 Å². The van der Waals surface area contributed by atoms with Crippen molar-refractivity contribution >= 4 is 27.7 Å². The third-order valence-electron chi connectivity index (χ3n) is 5.12. The van der Waals surface area contributed by atoms with Gasteiger partial charge in [0.05, 0.1) is 18.1 Å². The highest BCUT2D eigenvalue weighted by Crippen LogP contribution is 2.16. The van der Waals surface area contributed by atoms with Crippen LogP contribution in [0.15, 0.2) is 29.2 Å². The second kappa shape index (κ2) is 10.8. The average molecular weight is 444 g/mol. The molecule has 0 bridgehead atoms. The van der Waals surface area contributed by atoms with E-state index in [0.29, 0.717) is 31.9 Å². The Balaban J connectivity index is 2.04. The van der Waals surface area contributed by atoms with E-state index in [1.54, 1.807) is 36.0 Å². The van der Waals surface area contributed by atoms with Crippen molar-refractivity contribution in [3.05, 3.63) is 29.8 Å². The number of aryl methyl sites for hydroxylation is 1. The second-order valence-corrected chi connectivity index (χ2v) is 10.6. The lowest BCUT2D eigenvalue weighted by molar-refractivity contribution is -0.123. The summed E-state index contributed by atoms with van der Waals surface area (Å²) in [7, 11) is -3.77. The first kappa shape index (κ1) is 24.1. The van der Waals surface area contributed by atoms with E-state index in [4.69, 9.17) is 4.74 Å². The zero-order valence-corrected chi connectivity index (χ0v) is 19.4. The lowest BCUT2D eigenvalue weighted by Gasteiger charge is -2.41. The van der Waals surface area contributed by atoms with Crippen LogP contribution < -0.4 is 10.0 Å². The van der Waals surface area contributed by atoms with Gasteiger partial charge in [0, 0.05) is 25.2 Å². The van der Waals surface area contributed by atoms with Gasteiger partial charge in [0.25, 0.3) is 0 Å². The van der Waals surface area contributed by atoms with E-state index in [1.807, 2.05) is 13.2 Å². The molecule has 1 amide bonds. The molecule has 1 fully saturated rings. The molecule has 1 aromatic rings. The second-order valence-electron chi connectivity index (χ2n) is 7.90. The van der Waals surface area contributed by atoms with E-state index in [9.17, 15) is 13.2 Å². The predicted molar refractivity (Wildman–Crippen MR) is 118 cm³/mol. The van der Waals surface area contributed by atoms with E-state index in [-0.39, 0.29) is 16.3 Å². The number of nitrogens with zero attached hydrogens (tertiary/aromatic N) is 1. The largest absolute Gasteiger partial charge is 0.379 e. The Hall–Kier alpha value is -1.13. The molecular formula is C20H33N3O4S2. The highest BCUT2D eigenvalue weighted by atomic mass is 32.2. The van der Waals surface area contributed by atoms with Crippen molar-refractivity contribution in [1.82, 2.24) is 14.9 Å². The zero-order valence-electron chi connectivity index (χ0n) is 17.7. The number of rotatable bonds is 10. The summed E-state index contributed by atoms with van der Waals surface area (Å²) >= 11 is 1.58. The highest BCUT2D eigenvalue weighted by molar-refractivity contribution is 7.98. The Morgan fingerprint density at radius 2 is 1.86 bits per heavy atom. The molecule has 7 nitrogen and oxygen atoms in total. The number of ether oxygens (including phenoxy) is 1. The molecule has 29 heavy (non-hydrogen) atoms. The summed E-state index contributed by atoms with van der Waals surface area (Å²) in [6.07, 6.45) is 2.36. The van der Waals surface area contributed by atoms with Gasteiger partial charge in [0.1, 0.15) is 6.04 Å². The maximum absolute atomic E-state index is 12.9. The minimum atomic E-state index is -3.77. The van der Waals surface area contributed by atoms with Crippen LogP contribution in [0.1, 0.15) is 25.8 Å². The van der Waals surface area contributed by atoms with E-state index >= 15 is 0 Å². The van der Waals surface area contributed by atoms with Crippen molar-refractivity contribution in [2.24, 2.45) is 0 Å². The summed E-state index contributed by atoms with van der Waals surface area (Å²) in [5.41, 5.74) is 0.741. The topological polar surface area (TPSA) is 87.7 Å². The molecule has 1 atom stereocenters. The van der Waals surface area contributed by atoms with Crippen LogP contribution in [0.3, 0.4) is 0 Å². The fraction of sp³-hybridized carbons (Fsp3) is 0.650. The average Bonchev–Trinajstić information content (AvgIpc) is 2.70. The number of hydrogen-bond donors (Lipinski definition) is 2. The van der Waals surface area contributed by atoms with Gasteiger partial charge in [-0.05, 0) is 51.3 Å². The van der Waals surface area contributed by atoms with Gasteiger partial charge in [-0.1, -0.05) is 17.7 Å². The van der Waals surface area contributed by atoms with Gasteiger partial charge in [0.15, 0.2) is 0 Å². The number of morpholine rings is 1. The maximum atomic E-state index is 12.9. The molecule has 9 heteroatoms.